The molecule has 20 heavy (non-hydrogen) atoms. The summed E-state index contributed by atoms with van der Waals surface area (Å²) in [6.07, 6.45) is 3.63. The Kier molecular flexibility index (Phi) is 5.26. The van der Waals surface area contributed by atoms with Crippen LogP contribution in [0.4, 0.5) is 0 Å². The second-order valence-electron chi connectivity index (χ2n) is 5.17. The number of hydrogen-bond donors (Lipinski definition) is 2. The number of nitrogens with one attached hydrogen (secondary N) is 1. The number of methoxy groups -OCH3 is 1. The van der Waals surface area contributed by atoms with Crippen LogP contribution in [0.1, 0.15) is 36.0 Å². The Hall–Kier alpha value is -1.26. The van der Waals surface area contributed by atoms with Crippen LogP contribution in [0.5, 0.6) is 5.75 Å². The fourth-order valence-corrected chi connectivity index (χ4v) is 2.77. The molecular formula is C15H20ClNO3. The number of carbonyl (C=O) groups is 1. The molecule has 1 aliphatic carbocycles. The van der Waals surface area contributed by atoms with Crippen LogP contribution in [0.3, 0.4) is 0 Å². The third kappa shape index (κ3) is 3.64. The summed E-state index contributed by atoms with van der Waals surface area (Å²) in [5.41, 5.74) is 0.422. The van der Waals surface area contributed by atoms with Gasteiger partial charge in [0.2, 0.25) is 0 Å². The minimum atomic E-state index is -0.315. The number of carbonyl (C=O) groups excluding carboxylic acids is 1. The molecular weight excluding hydrogens is 278 g/mol. The topological polar surface area (TPSA) is 58.6 Å². The zero-order chi connectivity index (χ0) is 14.5. The molecule has 0 aromatic heterocycles. The van der Waals surface area contributed by atoms with E-state index in [9.17, 15) is 9.90 Å². The molecule has 2 atom stereocenters. The number of aliphatic hydroxyl groups excluding tert-OH is 1. The summed E-state index contributed by atoms with van der Waals surface area (Å²) in [4.78, 5) is 12.2. The van der Waals surface area contributed by atoms with Crippen molar-refractivity contribution < 1.29 is 14.6 Å². The Bertz CT molecular complexity index is 478. The van der Waals surface area contributed by atoms with Crippen molar-refractivity contribution in [2.24, 2.45) is 5.92 Å². The van der Waals surface area contributed by atoms with Crippen LogP contribution in [-0.2, 0) is 0 Å². The Morgan fingerprint density at radius 2 is 2.20 bits per heavy atom. The van der Waals surface area contributed by atoms with Gasteiger partial charge in [-0.2, -0.15) is 0 Å². The lowest BCUT2D eigenvalue weighted by molar-refractivity contribution is 0.0662. The number of aliphatic hydroxyl groups is 1. The van der Waals surface area contributed by atoms with Crippen LogP contribution >= 0.6 is 11.6 Å². The molecule has 0 heterocycles. The van der Waals surface area contributed by atoms with Crippen molar-refractivity contribution >= 4 is 17.5 Å². The Balaban J connectivity index is 1.99. The quantitative estimate of drug-likeness (QED) is 0.898. The number of ether oxygens (including phenoxy) is 1. The van der Waals surface area contributed by atoms with Gasteiger partial charge in [0.25, 0.3) is 5.91 Å². The van der Waals surface area contributed by atoms with E-state index in [2.05, 4.69) is 5.32 Å². The van der Waals surface area contributed by atoms with Crippen molar-refractivity contribution in [3.63, 3.8) is 0 Å². The van der Waals surface area contributed by atoms with Gasteiger partial charge in [0.15, 0.2) is 0 Å². The molecule has 0 aliphatic heterocycles. The predicted molar refractivity (Wildman–Crippen MR) is 78.3 cm³/mol. The first-order valence-corrected chi connectivity index (χ1v) is 7.29. The summed E-state index contributed by atoms with van der Waals surface area (Å²) in [6, 6.07) is 4.95. The maximum atomic E-state index is 12.2. The highest BCUT2D eigenvalue weighted by Crippen LogP contribution is 2.25. The molecule has 1 aliphatic rings. The van der Waals surface area contributed by atoms with E-state index in [1.807, 2.05) is 0 Å². The Labute approximate surface area is 124 Å². The fraction of sp³-hybridized carbons (Fsp3) is 0.533. The second-order valence-corrected chi connectivity index (χ2v) is 5.60. The van der Waals surface area contributed by atoms with Gasteiger partial charge in [0, 0.05) is 17.5 Å². The fourth-order valence-electron chi connectivity index (χ4n) is 2.60. The minimum Gasteiger partial charge on any atom is -0.496 e. The van der Waals surface area contributed by atoms with E-state index >= 15 is 0 Å². The highest BCUT2D eigenvalue weighted by molar-refractivity contribution is 6.31. The highest BCUT2D eigenvalue weighted by Gasteiger charge is 2.24. The summed E-state index contributed by atoms with van der Waals surface area (Å²) in [6.45, 7) is 0.482. The van der Waals surface area contributed by atoms with Crippen LogP contribution in [-0.4, -0.2) is 30.8 Å². The average Bonchev–Trinajstić information content (AvgIpc) is 2.46. The van der Waals surface area contributed by atoms with Gasteiger partial charge >= 0.3 is 0 Å². The summed E-state index contributed by atoms with van der Waals surface area (Å²) < 4.78 is 5.17. The van der Waals surface area contributed by atoms with Crippen molar-refractivity contribution in [3.8, 4) is 5.75 Å². The minimum absolute atomic E-state index is 0.137. The van der Waals surface area contributed by atoms with Crippen LogP contribution < -0.4 is 10.1 Å². The van der Waals surface area contributed by atoms with E-state index < -0.39 is 0 Å². The first kappa shape index (κ1) is 15.1. The van der Waals surface area contributed by atoms with Crippen molar-refractivity contribution in [2.45, 2.75) is 31.8 Å². The van der Waals surface area contributed by atoms with E-state index in [4.69, 9.17) is 16.3 Å². The maximum Gasteiger partial charge on any atom is 0.255 e. The normalized spacial score (nSPS) is 22.4. The Morgan fingerprint density at radius 3 is 2.90 bits per heavy atom. The third-order valence-corrected chi connectivity index (χ3v) is 4.04. The average molecular weight is 298 g/mol. The summed E-state index contributed by atoms with van der Waals surface area (Å²) >= 11 is 5.91. The first-order valence-electron chi connectivity index (χ1n) is 6.91. The number of amides is 1. The van der Waals surface area contributed by atoms with E-state index in [-0.39, 0.29) is 17.9 Å². The van der Waals surface area contributed by atoms with Gasteiger partial charge in [-0.05, 0) is 31.0 Å². The van der Waals surface area contributed by atoms with Gasteiger partial charge in [-0.1, -0.05) is 24.4 Å². The number of hydrogen-bond acceptors (Lipinski definition) is 3. The van der Waals surface area contributed by atoms with E-state index in [1.165, 1.54) is 7.11 Å². The van der Waals surface area contributed by atoms with Gasteiger partial charge in [-0.15, -0.1) is 0 Å². The smallest absolute Gasteiger partial charge is 0.255 e. The molecule has 2 N–H and O–H groups in total. The van der Waals surface area contributed by atoms with Crippen LogP contribution in [0, 0.1) is 5.92 Å². The summed E-state index contributed by atoms with van der Waals surface area (Å²) in [5, 5.41) is 13.3. The van der Waals surface area contributed by atoms with E-state index in [1.54, 1.807) is 18.2 Å². The molecule has 1 fully saturated rings. The summed E-state index contributed by atoms with van der Waals surface area (Å²) in [5.74, 6) is 0.413. The second kappa shape index (κ2) is 6.95. The van der Waals surface area contributed by atoms with Crippen molar-refractivity contribution in [1.82, 2.24) is 5.32 Å². The predicted octanol–water partition coefficient (Wildman–Crippen LogP) is 2.63. The van der Waals surface area contributed by atoms with Gasteiger partial charge in [0.1, 0.15) is 5.75 Å². The van der Waals surface area contributed by atoms with Crippen molar-refractivity contribution in [2.75, 3.05) is 13.7 Å². The molecule has 5 heteroatoms. The standard InChI is InChI=1S/C15H20ClNO3/c1-20-14-7-6-11(16)8-12(14)15(19)17-9-10-4-2-3-5-13(10)18/h6-8,10,13,18H,2-5,9H2,1H3,(H,17,19). The number of halogens is 1. The molecule has 2 unspecified atom stereocenters. The van der Waals surface area contributed by atoms with Gasteiger partial charge in [-0.25, -0.2) is 0 Å². The van der Waals surface area contributed by atoms with Gasteiger partial charge in [0.05, 0.1) is 18.8 Å². The third-order valence-electron chi connectivity index (χ3n) is 3.80. The molecule has 110 valence electrons. The van der Waals surface area contributed by atoms with Crippen LogP contribution in [0.2, 0.25) is 5.02 Å². The molecule has 1 amide bonds. The maximum absolute atomic E-state index is 12.2. The van der Waals surface area contributed by atoms with Crippen molar-refractivity contribution in [3.05, 3.63) is 28.8 Å². The molecule has 0 bridgehead atoms. The number of rotatable bonds is 4. The van der Waals surface area contributed by atoms with Crippen molar-refractivity contribution in [1.29, 1.82) is 0 Å². The molecule has 0 spiro atoms. The lowest BCUT2D eigenvalue weighted by atomic mass is 9.86. The molecule has 0 radical (unpaired) electrons. The molecule has 1 aromatic carbocycles. The zero-order valence-electron chi connectivity index (χ0n) is 11.6. The molecule has 4 nitrogen and oxygen atoms in total. The molecule has 1 saturated carbocycles. The van der Waals surface area contributed by atoms with E-state index in [0.29, 0.717) is 22.9 Å². The largest absolute Gasteiger partial charge is 0.496 e. The Morgan fingerprint density at radius 1 is 1.45 bits per heavy atom. The molecule has 2 rings (SSSR count). The molecule has 1 aromatic rings. The SMILES string of the molecule is COc1ccc(Cl)cc1C(=O)NCC1CCCCC1O. The van der Waals surface area contributed by atoms with E-state index in [0.717, 1.165) is 25.7 Å². The van der Waals surface area contributed by atoms with Gasteiger partial charge < -0.3 is 15.2 Å². The highest BCUT2D eigenvalue weighted by atomic mass is 35.5. The lowest BCUT2D eigenvalue weighted by Crippen LogP contribution is -2.36. The molecule has 0 saturated heterocycles. The van der Waals surface area contributed by atoms with Crippen LogP contribution in [0.15, 0.2) is 18.2 Å². The zero-order valence-corrected chi connectivity index (χ0v) is 12.3. The lowest BCUT2D eigenvalue weighted by Gasteiger charge is -2.27. The summed E-state index contributed by atoms with van der Waals surface area (Å²) in [7, 11) is 1.52. The monoisotopic (exact) mass is 297 g/mol. The van der Waals surface area contributed by atoms with Gasteiger partial charge in [-0.3, -0.25) is 4.79 Å². The first-order chi connectivity index (χ1) is 9.61. The number of benzene rings is 1. The van der Waals surface area contributed by atoms with Crippen LogP contribution in [0.25, 0.3) is 0 Å².